The van der Waals surface area contributed by atoms with Gasteiger partial charge in [-0.2, -0.15) is 0 Å². The molecule has 1 amide bonds. The fourth-order valence-electron chi connectivity index (χ4n) is 2.55. The second-order valence-electron chi connectivity index (χ2n) is 4.92. The summed E-state index contributed by atoms with van der Waals surface area (Å²) in [7, 11) is 0. The number of ether oxygens (including phenoxy) is 2. The van der Waals surface area contributed by atoms with E-state index in [-0.39, 0.29) is 5.91 Å². The van der Waals surface area contributed by atoms with Gasteiger partial charge in [-0.1, -0.05) is 18.7 Å². The van der Waals surface area contributed by atoms with Gasteiger partial charge in [-0.3, -0.25) is 4.79 Å². The molecule has 1 aliphatic carbocycles. The molecule has 1 fully saturated rings. The number of fused-ring (bicyclic) bond motifs is 1. The van der Waals surface area contributed by atoms with E-state index in [4.69, 9.17) is 9.47 Å². The normalized spacial score (nSPS) is 23.6. The van der Waals surface area contributed by atoms with Crippen molar-refractivity contribution in [3.8, 4) is 11.5 Å². The molecule has 0 radical (unpaired) electrons. The van der Waals surface area contributed by atoms with Crippen LogP contribution in [-0.2, 0) is 4.79 Å². The van der Waals surface area contributed by atoms with E-state index >= 15 is 0 Å². The van der Waals surface area contributed by atoms with E-state index in [1.54, 1.807) is 0 Å². The van der Waals surface area contributed by atoms with Crippen molar-refractivity contribution in [2.45, 2.75) is 12.3 Å². The molecule has 1 N–H and O–H groups in total. The molecular weight excluding hydrogens is 242 g/mol. The Labute approximate surface area is 112 Å². The number of amides is 1. The van der Waals surface area contributed by atoms with Crippen LogP contribution in [-0.4, -0.2) is 25.7 Å². The van der Waals surface area contributed by atoms with Gasteiger partial charge in [0.15, 0.2) is 11.5 Å². The van der Waals surface area contributed by atoms with Crippen LogP contribution in [0.3, 0.4) is 0 Å². The van der Waals surface area contributed by atoms with Gasteiger partial charge >= 0.3 is 0 Å². The van der Waals surface area contributed by atoms with E-state index in [2.05, 4.69) is 18.0 Å². The first-order valence-corrected chi connectivity index (χ1v) is 6.58. The lowest BCUT2D eigenvalue weighted by atomic mass is 10.1. The summed E-state index contributed by atoms with van der Waals surface area (Å²) in [6, 6.07) is 6.03. The summed E-state index contributed by atoms with van der Waals surface area (Å²) in [6.07, 6.45) is 2.38. The van der Waals surface area contributed by atoms with Crippen LogP contribution in [0.4, 0.5) is 0 Å². The Morgan fingerprint density at radius 2 is 2.26 bits per heavy atom. The molecule has 1 aromatic rings. The van der Waals surface area contributed by atoms with Crippen molar-refractivity contribution in [2.24, 2.45) is 5.92 Å². The molecule has 2 aliphatic rings. The van der Waals surface area contributed by atoms with Gasteiger partial charge in [0.05, 0.1) is 0 Å². The molecule has 0 spiro atoms. The number of carbonyl (C=O) groups excluding carboxylic acids is 1. The summed E-state index contributed by atoms with van der Waals surface area (Å²) in [6.45, 7) is 5.36. The summed E-state index contributed by atoms with van der Waals surface area (Å²) in [4.78, 5) is 11.1. The summed E-state index contributed by atoms with van der Waals surface area (Å²) in [5, 5.41) is 2.85. The quantitative estimate of drug-likeness (QED) is 0.840. The van der Waals surface area contributed by atoms with E-state index in [0.29, 0.717) is 31.6 Å². The maximum Gasteiger partial charge on any atom is 0.243 e. The number of para-hydroxylation sites is 1. The SMILES string of the molecule is C=CC(=O)NC[C@@H]1C[C@H]1c1cccc2c1OCCO2. The van der Waals surface area contributed by atoms with Crippen LogP contribution in [0.1, 0.15) is 17.9 Å². The Morgan fingerprint density at radius 1 is 1.42 bits per heavy atom. The fraction of sp³-hybridized carbons (Fsp3) is 0.400. The molecule has 3 rings (SSSR count). The van der Waals surface area contributed by atoms with Crippen molar-refractivity contribution in [3.63, 3.8) is 0 Å². The second kappa shape index (κ2) is 4.96. The number of nitrogens with one attached hydrogen (secondary N) is 1. The smallest absolute Gasteiger partial charge is 0.243 e. The first kappa shape index (κ1) is 12.1. The molecule has 0 aromatic heterocycles. The Morgan fingerprint density at radius 3 is 3.11 bits per heavy atom. The van der Waals surface area contributed by atoms with Gasteiger partial charge in [-0.05, 0) is 30.4 Å². The highest BCUT2D eigenvalue weighted by Gasteiger charge is 2.40. The minimum absolute atomic E-state index is 0.111. The minimum Gasteiger partial charge on any atom is -0.486 e. The third kappa shape index (κ3) is 2.43. The van der Waals surface area contributed by atoms with Crippen molar-refractivity contribution in [2.75, 3.05) is 19.8 Å². The molecule has 19 heavy (non-hydrogen) atoms. The van der Waals surface area contributed by atoms with Crippen molar-refractivity contribution < 1.29 is 14.3 Å². The van der Waals surface area contributed by atoms with Gasteiger partial charge in [-0.15, -0.1) is 0 Å². The lowest BCUT2D eigenvalue weighted by Gasteiger charge is -2.21. The zero-order valence-electron chi connectivity index (χ0n) is 10.7. The summed E-state index contributed by atoms with van der Waals surface area (Å²) in [5.74, 6) is 2.56. The summed E-state index contributed by atoms with van der Waals surface area (Å²) in [5.41, 5.74) is 1.20. The zero-order chi connectivity index (χ0) is 13.2. The Bertz CT molecular complexity index is 512. The van der Waals surface area contributed by atoms with E-state index in [0.717, 1.165) is 17.9 Å². The molecule has 1 aliphatic heterocycles. The van der Waals surface area contributed by atoms with Gasteiger partial charge in [0.25, 0.3) is 0 Å². The highest BCUT2D eigenvalue weighted by Crippen LogP contribution is 2.52. The highest BCUT2D eigenvalue weighted by molar-refractivity contribution is 5.86. The van der Waals surface area contributed by atoms with Crippen LogP contribution in [0, 0.1) is 5.92 Å². The van der Waals surface area contributed by atoms with Gasteiger partial charge in [0, 0.05) is 12.1 Å². The van der Waals surface area contributed by atoms with Crippen molar-refractivity contribution in [3.05, 3.63) is 36.4 Å². The van der Waals surface area contributed by atoms with Crippen LogP contribution in [0.25, 0.3) is 0 Å². The lowest BCUT2D eigenvalue weighted by Crippen LogP contribution is -2.23. The minimum atomic E-state index is -0.111. The largest absolute Gasteiger partial charge is 0.486 e. The van der Waals surface area contributed by atoms with Crippen LogP contribution in [0.5, 0.6) is 11.5 Å². The third-order valence-electron chi connectivity index (χ3n) is 3.64. The molecular formula is C15H17NO3. The Kier molecular flexibility index (Phi) is 3.15. The maximum atomic E-state index is 11.1. The topological polar surface area (TPSA) is 47.6 Å². The van der Waals surface area contributed by atoms with Crippen LogP contribution in [0.2, 0.25) is 0 Å². The van der Waals surface area contributed by atoms with Crippen LogP contribution >= 0.6 is 0 Å². The average Bonchev–Trinajstić information content (AvgIpc) is 3.23. The Balaban J connectivity index is 1.68. The van der Waals surface area contributed by atoms with Crippen LogP contribution < -0.4 is 14.8 Å². The Hall–Kier alpha value is -1.97. The molecule has 0 saturated heterocycles. The van der Waals surface area contributed by atoms with Gasteiger partial charge < -0.3 is 14.8 Å². The molecule has 0 bridgehead atoms. The van der Waals surface area contributed by atoms with Gasteiger partial charge in [0.1, 0.15) is 13.2 Å². The van der Waals surface area contributed by atoms with Crippen LogP contribution in [0.15, 0.2) is 30.9 Å². The van der Waals surface area contributed by atoms with E-state index in [1.807, 2.05) is 12.1 Å². The lowest BCUT2D eigenvalue weighted by molar-refractivity contribution is -0.116. The molecule has 0 unspecified atom stereocenters. The first-order valence-electron chi connectivity index (χ1n) is 6.58. The molecule has 1 saturated carbocycles. The molecule has 1 heterocycles. The zero-order valence-corrected chi connectivity index (χ0v) is 10.7. The predicted octanol–water partition coefficient (Wildman–Crippen LogP) is 1.86. The molecule has 4 nitrogen and oxygen atoms in total. The number of benzene rings is 1. The van der Waals surface area contributed by atoms with Crippen molar-refractivity contribution in [1.29, 1.82) is 0 Å². The molecule has 100 valence electrons. The third-order valence-corrected chi connectivity index (χ3v) is 3.64. The van der Waals surface area contributed by atoms with Crippen molar-refractivity contribution >= 4 is 5.91 Å². The van der Waals surface area contributed by atoms with E-state index in [9.17, 15) is 4.79 Å². The van der Waals surface area contributed by atoms with E-state index < -0.39 is 0 Å². The number of hydrogen-bond acceptors (Lipinski definition) is 3. The second-order valence-corrected chi connectivity index (χ2v) is 4.92. The van der Waals surface area contributed by atoms with Crippen molar-refractivity contribution in [1.82, 2.24) is 5.32 Å². The average molecular weight is 259 g/mol. The van der Waals surface area contributed by atoms with E-state index in [1.165, 1.54) is 11.6 Å². The first-order chi connectivity index (χ1) is 9.29. The molecule has 1 aromatic carbocycles. The number of hydrogen-bond donors (Lipinski definition) is 1. The highest BCUT2D eigenvalue weighted by atomic mass is 16.6. The summed E-state index contributed by atoms with van der Waals surface area (Å²) < 4.78 is 11.3. The monoisotopic (exact) mass is 259 g/mol. The number of carbonyl (C=O) groups is 1. The fourth-order valence-corrected chi connectivity index (χ4v) is 2.55. The number of rotatable bonds is 4. The molecule has 2 atom stereocenters. The molecule has 4 heteroatoms. The van der Waals surface area contributed by atoms with Gasteiger partial charge in [-0.25, -0.2) is 0 Å². The summed E-state index contributed by atoms with van der Waals surface area (Å²) >= 11 is 0. The standard InChI is InChI=1S/C15H17NO3/c1-2-14(17)16-9-10-8-12(10)11-4-3-5-13-15(11)19-7-6-18-13/h2-5,10,12H,1,6-9H2,(H,16,17)/t10-,12+/m0/s1. The predicted molar refractivity (Wildman–Crippen MR) is 71.5 cm³/mol. The van der Waals surface area contributed by atoms with Gasteiger partial charge in [0.2, 0.25) is 5.91 Å². The maximum absolute atomic E-state index is 11.1.